The SMILES string of the molecule is COc1cccc(CCN2CCC3CN(C(=O)Nc4ccc(F)cc4)CCC3CC2=O)c1OC. The van der Waals surface area contributed by atoms with Gasteiger partial charge in [-0.25, -0.2) is 9.18 Å². The standard InChI is InChI=1S/C26H32FN3O4/c1-33-23-5-3-4-18(25(23)34-2)10-13-29-14-12-20-17-30(15-11-19(20)16-24(29)31)26(32)28-22-8-6-21(27)7-9-22/h3-9,19-20H,10-17H2,1-2H3,(H,28,32). The third-order valence-electron chi connectivity index (χ3n) is 6.97. The lowest BCUT2D eigenvalue weighted by molar-refractivity contribution is -0.131. The molecule has 2 atom stereocenters. The van der Waals surface area contributed by atoms with Gasteiger partial charge in [-0.2, -0.15) is 0 Å². The van der Waals surface area contributed by atoms with Crippen LogP contribution in [-0.4, -0.2) is 62.1 Å². The topological polar surface area (TPSA) is 71.1 Å². The Hall–Kier alpha value is -3.29. The first-order chi connectivity index (χ1) is 16.5. The minimum atomic E-state index is -0.337. The van der Waals surface area contributed by atoms with Crippen LogP contribution in [-0.2, 0) is 11.2 Å². The Balaban J connectivity index is 1.34. The van der Waals surface area contributed by atoms with Crippen molar-refractivity contribution in [3.63, 3.8) is 0 Å². The minimum Gasteiger partial charge on any atom is -0.493 e. The fourth-order valence-corrected chi connectivity index (χ4v) is 5.04. The van der Waals surface area contributed by atoms with Crippen molar-refractivity contribution in [1.29, 1.82) is 0 Å². The zero-order valence-corrected chi connectivity index (χ0v) is 19.8. The molecule has 4 rings (SSSR count). The van der Waals surface area contributed by atoms with Crippen LogP contribution in [0.4, 0.5) is 14.9 Å². The number of nitrogens with one attached hydrogen (secondary N) is 1. The van der Waals surface area contributed by atoms with Crippen LogP contribution in [0.25, 0.3) is 0 Å². The van der Waals surface area contributed by atoms with Crippen molar-refractivity contribution >= 4 is 17.6 Å². The van der Waals surface area contributed by atoms with Gasteiger partial charge in [-0.1, -0.05) is 12.1 Å². The number of urea groups is 1. The summed E-state index contributed by atoms with van der Waals surface area (Å²) in [4.78, 5) is 29.5. The maximum atomic E-state index is 13.1. The number of halogens is 1. The number of carbonyl (C=O) groups is 2. The molecule has 0 radical (unpaired) electrons. The summed E-state index contributed by atoms with van der Waals surface area (Å²) in [7, 11) is 3.24. The average Bonchev–Trinajstić information content (AvgIpc) is 3.01. The first-order valence-corrected chi connectivity index (χ1v) is 11.8. The van der Waals surface area contributed by atoms with E-state index in [1.165, 1.54) is 12.1 Å². The first kappa shape index (κ1) is 23.9. The van der Waals surface area contributed by atoms with Crippen LogP contribution in [0.3, 0.4) is 0 Å². The van der Waals surface area contributed by atoms with E-state index in [4.69, 9.17) is 9.47 Å². The Bertz CT molecular complexity index is 1010. The van der Waals surface area contributed by atoms with Crippen molar-refractivity contribution in [2.75, 3.05) is 45.7 Å². The lowest BCUT2D eigenvalue weighted by Crippen LogP contribution is -2.45. The van der Waals surface area contributed by atoms with Crippen molar-refractivity contribution in [1.82, 2.24) is 9.80 Å². The summed E-state index contributed by atoms with van der Waals surface area (Å²) in [5.41, 5.74) is 1.59. The van der Waals surface area contributed by atoms with Gasteiger partial charge < -0.3 is 24.6 Å². The van der Waals surface area contributed by atoms with Crippen molar-refractivity contribution in [3.05, 3.63) is 53.8 Å². The summed E-state index contributed by atoms with van der Waals surface area (Å²) in [6, 6.07) is 11.4. The molecule has 0 aromatic heterocycles. The van der Waals surface area contributed by atoms with Crippen molar-refractivity contribution in [2.24, 2.45) is 11.8 Å². The maximum Gasteiger partial charge on any atom is 0.321 e. The molecule has 2 saturated heterocycles. The summed E-state index contributed by atoms with van der Waals surface area (Å²) in [5, 5.41) is 2.85. The molecule has 2 aliphatic rings. The van der Waals surface area contributed by atoms with Crippen LogP contribution in [0.15, 0.2) is 42.5 Å². The van der Waals surface area contributed by atoms with Gasteiger partial charge in [0.2, 0.25) is 5.91 Å². The normalized spacial score (nSPS) is 20.4. The van der Waals surface area contributed by atoms with Gasteiger partial charge in [0.05, 0.1) is 14.2 Å². The average molecular weight is 470 g/mol. The summed E-state index contributed by atoms with van der Waals surface area (Å²) >= 11 is 0. The Kier molecular flexibility index (Phi) is 7.55. The molecule has 34 heavy (non-hydrogen) atoms. The van der Waals surface area contributed by atoms with Crippen LogP contribution >= 0.6 is 0 Å². The van der Waals surface area contributed by atoms with Crippen molar-refractivity contribution in [3.8, 4) is 11.5 Å². The molecule has 2 heterocycles. The Labute approximate surface area is 199 Å². The predicted octanol–water partition coefficient (Wildman–Crippen LogP) is 4.18. The largest absolute Gasteiger partial charge is 0.493 e. The molecule has 2 fully saturated rings. The number of amides is 3. The molecule has 1 N–H and O–H groups in total. The monoisotopic (exact) mass is 469 g/mol. The van der Waals surface area contributed by atoms with Gasteiger partial charge in [0, 0.05) is 38.3 Å². The lowest BCUT2D eigenvalue weighted by atomic mass is 9.82. The fraction of sp³-hybridized carbons (Fsp3) is 0.462. The third kappa shape index (κ3) is 5.43. The highest BCUT2D eigenvalue weighted by Crippen LogP contribution is 2.34. The Morgan fingerprint density at radius 2 is 1.82 bits per heavy atom. The van der Waals surface area contributed by atoms with E-state index >= 15 is 0 Å². The molecule has 0 spiro atoms. The smallest absolute Gasteiger partial charge is 0.321 e. The summed E-state index contributed by atoms with van der Waals surface area (Å²) in [6.07, 6.45) is 2.89. The number of anilines is 1. The molecular formula is C26H32FN3O4. The molecule has 2 aliphatic heterocycles. The second-order valence-corrected chi connectivity index (χ2v) is 8.97. The molecule has 3 amide bonds. The number of nitrogens with zero attached hydrogens (tertiary/aromatic N) is 2. The number of hydrogen-bond donors (Lipinski definition) is 1. The van der Waals surface area contributed by atoms with Crippen LogP contribution in [0.5, 0.6) is 11.5 Å². The first-order valence-electron chi connectivity index (χ1n) is 11.8. The van der Waals surface area contributed by atoms with Gasteiger partial charge in [-0.3, -0.25) is 4.79 Å². The summed E-state index contributed by atoms with van der Waals surface area (Å²) in [6.45, 7) is 2.54. The quantitative estimate of drug-likeness (QED) is 0.689. The highest BCUT2D eigenvalue weighted by atomic mass is 19.1. The zero-order valence-electron chi connectivity index (χ0n) is 19.8. The maximum absolute atomic E-state index is 13.1. The van der Waals surface area contributed by atoms with E-state index in [0.717, 1.165) is 18.4 Å². The molecule has 0 bridgehead atoms. The van der Waals surface area contributed by atoms with E-state index in [9.17, 15) is 14.0 Å². The number of fused-ring (bicyclic) bond motifs is 1. The van der Waals surface area contributed by atoms with Crippen LogP contribution in [0.2, 0.25) is 0 Å². The second-order valence-electron chi connectivity index (χ2n) is 8.97. The number of benzene rings is 2. The number of carbonyl (C=O) groups excluding carboxylic acids is 2. The molecule has 0 saturated carbocycles. The number of piperidine rings is 1. The van der Waals surface area contributed by atoms with E-state index < -0.39 is 0 Å². The van der Waals surface area contributed by atoms with Crippen LogP contribution < -0.4 is 14.8 Å². The highest BCUT2D eigenvalue weighted by molar-refractivity contribution is 5.89. The third-order valence-corrected chi connectivity index (χ3v) is 6.97. The highest BCUT2D eigenvalue weighted by Gasteiger charge is 2.36. The number of methoxy groups -OCH3 is 2. The molecule has 7 nitrogen and oxygen atoms in total. The zero-order chi connectivity index (χ0) is 24.1. The molecule has 182 valence electrons. The van der Waals surface area contributed by atoms with Gasteiger partial charge in [0.1, 0.15) is 5.82 Å². The van der Waals surface area contributed by atoms with E-state index in [2.05, 4.69) is 5.32 Å². The van der Waals surface area contributed by atoms with Crippen molar-refractivity contribution < 1.29 is 23.5 Å². The van der Waals surface area contributed by atoms with Gasteiger partial charge in [0.25, 0.3) is 0 Å². The number of hydrogen-bond acceptors (Lipinski definition) is 4. The summed E-state index contributed by atoms with van der Waals surface area (Å²) < 4.78 is 24.0. The molecule has 0 aliphatic carbocycles. The molecular weight excluding hydrogens is 437 g/mol. The van der Waals surface area contributed by atoms with Crippen molar-refractivity contribution in [2.45, 2.75) is 25.7 Å². The van der Waals surface area contributed by atoms with Gasteiger partial charge in [-0.05, 0) is 67.0 Å². The number of para-hydroxylation sites is 1. The van der Waals surface area contributed by atoms with E-state index in [-0.39, 0.29) is 23.7 Å². The molecule has 2 aromatic carbocycles. The number of ether oxygens (including phenoxy) is 2. The van der Waals surface area contributed by atoms with Crippen LogP contribution in [0.1, 0.15) is 24.8 Å². The molecule has 8 heteroatoms. The number of likely N-dealkylation sites (tertiary alicyclic amines) is 2. The van der Waals surface area contributed by atoms with Crippen LogP contribution in [0, 0.1) is 17.7 Å². The van der Waals surface area contributed by atoms with E-state index in [1.807, 2.05) is 28.0 Å². The van der Waals surface area contributed by atoms with Gasteiger partial charge in [-0.15, -0.1) is 0 Å². The fourth-order valence-electron chi connectivity index (χ4n) is 5.04. The minimum absolute atomic E-state index is 0.178. The molecule has 2 aromatic rings. The van der Waals surface area contributed by atoms with Gasteiger partial charge >= 0.3 is 6.03 Å². The predicted molar refractivity (Wildman–Crippen MR) is 128 cm³/mol. The number of rotatable bonds is 6. The Morgan fingerprint density at radius 3 is 2.56 bits per heavy atom. The van der Waals surface area contributed by atoms with Gasteiger partial charge in [0.15, 0.2) is 11.5 Å². The summed E-state index contributed by atoms with van der Waals surface area (Å²) in [5.74, 6) is 1.82. The second kappa shape index (κ2) is 10.8. The molecule has 2 unspecified atom stereocenters. The van der Waals surface area contributed by atoms with E-state index in [0.29, 0.717) is 62.1 Å². The Morgan fingerprint density at radius 1 is 1.06 bits per heavy atom. The van der Waals surface area contributed by atoms with E-state index in [1.54, 1.807) is 26.4 Å². The lowest BCUT2D eigenvalue weighted by Gasteiger charge is -2.37.